The Balaban J connectivity index is 1.62. The van der Waals surface area contributed by atoms with Crippen molar-refractivity contribution >= 4 is 34.8 Å². The highest BCUT2D eigenvalue weighted by molar-refractivity contribution is 7.84. The average molecular weight is 746 g/mol. The number of nitrogens with one attached hydrogen (secondary N) is 1. The molecule has 0 fully saturated rings. The molecular weight excluding hydrogens is 690 g/mol. The van der Waals surface area contributed by atoms with Crippen molar-refractivity contribution in [2.45, 2.75) is 103 Å². The van der Waals surface area contributed by atoms with Crippen molar-refractivity contribution in [1.82, 2.24) is 4.72 Å². The van der Waals surface area contributed by atoms with Crippen molar-refractivity contribution in [2.24, 2.45) is 0 Å². The van der Waals surface area contributed by atoms with E-state index in [0.29, 0.717) is 0 Å². The van der Waals surface area contributed by atoms with Gasteiger partial charge in [0, 0.05) is 38.5 Å². The van der Waals surface area contributed by atoms with Crippen molar-refractivity contribution in [3.05, 3.63) is 143 Å². The van der Waals surface area contributed by atoms with Crippen LogP contribution in [0, 0.1) is 0 Å². The summed E-state index contributed by atoms with van der Waals surface area (Å²) in [4.78, 5) is 0. The summed E-state index contributed by atoms with van der Waals surface area (Å²) in [5.41, 5.74) is 5.72. The smallest absolute Gasteiger partial charge is 0.139 e. The van der Waals surface area contributed by atoms with Crippen LogP contribution in [0.5, 0.6) is 17.2 Å². The second-order valence-electron chi connectivity index (χ2n) is 17.7. The zero-order valence-corrected chi connectivity index (χ0v) is 35.3. The predicted octanol–water partition coefficient (Wildman–Crippen LogP) is 10.6. The largest absolute Gasteiger partial charge is 0.496 e. The lowest BCUT2D eigenvalue weighted by molar-refractivity contribution is 0.381. The molecule has 4 nitrogen and oxygen atoms in total. The Bertz CT molecular complexity index is 2050. The summed E-state index contributed by atoms with van der Waals surface area (Å²) in [6.07, 6.45) is 0. The highest BCUT2D eigenvalue weighted by atomic mass is 32.2. The first-order valence-corrected chi connectivity index (χ1v) is 21.1. The Hall–Kier alpha value is -3.76. The fourth-order valence-electron chi connectivity index (χ4n) is 7.26. The third-order valence-corrected chi connectivity index (χ3v) is 14.2. The molecule has 0 saturated carbocycles. The summed E-state index contributed by atoms with van der Waals surface area (Å²) >= 11 is 0. The number of rotatable bonds is 8. The second kappa shape index (κ2) is 14.5. The molecule has 0 radical (unpaired) electrons. The lowest BCUT2D eigenvalue weighted by Gasteiger charge is -2.39. The van der Waals surface area contributed by atoms with Crippen molar-refractivity contribution in [2.75, 3.05) is 7.11 Å². The Morgan fingerprint density at radius 2 is 1.17 bits per heavy atom. The molecule has 1 heterocycles. The predicted molar refractivity (Wildman–Crippen MR) is 227 cm³/mol. The van der Waals surface area contributed by atoms with Gasteiger partial charge in [-0.15, -0.1) is 0 Å². The molecular formula is C47H56NO3PS. The molecule has 278 valence electrons. The van der Waals surface area contributed by atoms with Gasteiger partial charge in [0.1, 0.15) is 17.2 Å². The molecule has 0 aliphatic carbocycles. The van der Waals surface area contributed by atoms with Gasteiger partial charge in [-0.3, -0.25) is 0 Å². The van der Waals surface area contributed by atoms with Crippen LogP contribution >= 0.6 is 7.92 Å². The van der Waals surface area contributed by atoms with Gasteiger partial charge < -0.3 is 9.47 Å². The number of fused-ring (bicyclic) bond motifs is 2. The highest BCUT2D eigenvalue weighted by Gasteiger charge is 2.40. The van der Waals surface area contributed by atoms with Crippen LogP contribution in [0.15, 0.2) is 109 Å². The maximum atomic E-state index is 14.2. The zero-order chi connectivity index (χ0) is 38.5. The molecule has 0 saturated heterocycles. The molecule has 0 bridgehead atoms. The number of methoxy groups -OCH3 is 1. The van der Waals surface area contributed by atoms with Crippen LogP contribution in [0.2, 0.25) is 0 Å². The minimum absolute atomic E-state index is 0.205. The molecule has 6 heteroatoms. The molecule has 0 aromatic heterocycles. The van der Waals surface area contributed by atoms with Gasteiger partial charge in [0.05, 0.1) is 28.9 Å². The lowest BCUT2D eigenvalue weighted by atomic mass is 9.74. The molecule has 0 amide bonds. The van der Waals surface area contributed by atoms with Crippen LogP contribution in [0.25, 0.3) is 0 Å². The van der Waals surface area contributed by atoms with Gasteiger partial charge in [-0.25, -0.2) is 8.93 Å². The summed E-state index contributed by atoms with van der Waals surface area (Å²) in [5, 5.41) is 3.72. The number of benzene rings is 5. The van der Waals surface area contributed by atoms with E-state index >= 15 is 0 Å². The molecule has 5 aromatic carbocycles. The van der Waals surface area contributed by atoms with Crippen molar-refractivity contribution < 1.29 is 13.7 Å². The van der Waals surface area contributed by atoms with Gasteiger partial charge in [0.2, 0.25) is 0 Å². The van der Waals surface area contributed by atoms with Crippen molar-refractivity contribution in [1.29, 1.82) is 0 Å². The minimum Gasteiger partial charge on any atom is -0.496 e. The first-order chi connectivity index (χ1) is 24.8. The quantitative estimate of drug-likeness (QED) is 0.161. The Morgan fingerprint density at radius 3 is 1.64 bits per heavy atom. The molecule has 53 heavy (non-hydrogen) atoms. The van der Waals surface area contributed by atoms with Crippen LogP contribution in [-0.4, -0.2) is 16.1 Å². The zero-order valence-electron chi connectivity index (χ0n) is 33.5. The number of ether oxygens (including phenoxy) is 2. The summed E-state index contributed by atoms with van der Waals surface area (Å²) in [6, 6.07) is 38.8. The van der Waals surface area contributed by atoms with E-state index in [1.807, 2.05) is 20.8 Å². The molecule has 0 spiro atoms. The molecule has 5 aromatic rings. The SMILES string of the molecule is COc1c(C(C)(C)C)cc([C@@H](N[S@@](=O)C(C)(C)C)c2cccc3c2Oc2c(P(c4ccccc4)c4ccccc4)cccc2C3(C)C)cc1C(C)(C)C. The molecule has 1 N–H and O–H groups in total. The third kappa shape index (κ3) is 7.63. The minimum atomic E-state index is -1.39. The fourth-order valence-corrected chi connectivity index (χ4v) is 10.5. The van der Waals surface area contributed by atoms with E-state index in [9.17, 15) is 4.21 Å². The summed E-state index contributed by atoms with van der Waals surface area (Å²) in [7, 11) is -0.559. The third-order valence-electron chi connectivity index (χ3n) is 10.2. The van der Waals surface area contributed by atoms with E-state index in [1.54, 1.807) is 7.11 Å². The Labute approximate surface area is 322 Å². The maximum Gasteiger partial charge on any atom is 0.139 e. The Morgan fingerprint density at radius 1 is 0.679 bits per heavy atom. The van der Waals surface area contributed by atoms with E-state index in [0.717, 1.165) is 50.6 Å². The van der Waals surface area contributed by atoms with E-state index < -0.39 is 29.7 Å². The summed E-state index contributed by atoms with van der Waals surface area (Å²) in [5.74, 6) is 2.64. The molecule has 0 unspecified atom stereocenters. The van der Waals surface area contributed by atoms with E-state index in [-0.39, 0.29) is 16.2 Å². The van der Waals surface area contributed by atoms with Crippen molar-refractivity contribution in [3.63, 3.8) is 0 Å². The van der Waals surface area contributed by atoms with Crippen LogP contribution < -0.4 is 30.1 Å². The normalized spacial score (nSPS) is 15.3. The van der Waals surface area contributed by atoms with E-state index in [2.05, 4.69) is 169 Å². The van der Waals surface area contributed by atoms with E-state index in [4.69, 9.17) is 9.47 Å². The monoisotopic (exact) mass is 745 g/mol. The van der Waals surface area contributed by atoms with Gasteiger partial charge in [0.15, 0.2) is 0 Å². The van der Waals surface area contributed by atoms with Crippen LogP contribution in [0.4, 0.5) is 0 Å². The molecule has 1 aliphatic rings. The van der Waals surface area contributed by atoms with Crippen molar-refractivity contribution in [3.8, 4) is 17.2 Å². The molecule has 1 aliphatic heterocycles. The van der Waals surface area contributed by atoms with Gasteiger partial charge in [-0.1, -0.05) is 152 Å². The topological polar surface area (TPSA) is 47.6 Å². The van der Waals surface area contributed by atoms with Gasteiger partial charge in [-0.2, -0.15) is 0 Å². The van der Waals surface area contributed by atoms with E-state index in [1.165, 1.54) is 15.9 Å². The van der Waals surface area contributed by atoms with Gasteiger partial charge in [0.25, 0.3) is 0 Å². The van der Waals surface area contributed by atoms with Crippen LogP contribution in [0.1, 0.15) is 116 Å². The van der Waals surface area contributed by atoms with Crippen LogP contribution in [-0.2, 0) is 27.2 Å². The van der Waals surface area contributed by atoms with Crippen LogP contribution in [0.3, 0.4) is 0 Å². The first-order valence-electron chi connectivity index (χ1n) is 18.6. The number of hydrogen-bond donors (Lipinski definition) is 1. The molecule has 2 atom stereocenters. The Kier molecular flexibility index (Phi) is 10.6. The lowest BCUT2D eigenvalue weighted by Crippen LogP contribution is -2.37. The summed E-state index contributed by atoms with van der Waals surface area (Å²) < 4.78 is 30.9. The fraction of sp³-hybridized carbons (Fsp3) is 0.362. The van der Waals surface area contributed by atoms with Gasteiger partial charge in [-0.05, 0) is 67.8 Å². The second-order valence-corrected chi connectivity index (χ2v) is 21.9. The first kappa shape index (κ1) is 38.9. The highest BCUT2D eigenvalue weighted by Crippen LogP contribution is 2.53. The molecule has 6 rings (SSSR count). The number of para-hydroxylation sites is 2. The maximum absolute atomic E-state index is 14.2. The average Bonchev–Trinajstić information content (AvgIpc) is 3.10. The van der Waals surface area contributed by atoms with Gasteiger partial charge >= 0.3 is 0 Å². The number of hydrogen-bond acceptors (Lipinski definition) is 3. The summed E-state index contributed by atoms with van der Waals surface area (Å²) in [6.45, 7) is 24.0. The standard InChI is InChI=1S/C47H56NO3PS/c1-44(2,3)37-29-31(30-38(42(37)50-12)45(4,5)6)40(48-53(49)46(7,8)9)34-25-19-26-35-41(34)51-43-36(47(35,10)11)27-20-28-39(43)52(32-21-15-13-16-22-32)33-23-17-14-18-24-33/h13-30,40,48H,1-12H3/t40-,53+/m1/s1.